The van der Waals surface area contributed by atoms with Crippen LogP contribution in [0.1, 0.15) is 0 Å². The quantitative estimate of drug-likeness (QED) is 0.353. The molecular formula is C28H28S. The summed E-state index contributed by atoms with van der Waals surface area (Å²) < 4.78 is 0. The van der Waals surface area contributed by atoms with Gasteiger partial charge in [0.2, 0.25) is 0 Å². The molecule has 146 valence electrons. The lowest BCUT2D eigenvalue weighted by atomic mass is 10.4. The fraction of sp³-hybridized carbons (Fsp3) is 0. The van der Waals surface area contributed by atoms with E-state index in [0.717, 1.165) is 9.81 Å². The average Bonchev–Trinajstić information content (AvgIpc) is 2.78. The van der Waals surface area contributed by atoms with Crippen LogP contribution in [0.2, 0.25) is 0 Å². The van der Waals surface area contributed by atoms with E-state index in [1.807, 2.05) is 42.5 Å². The Morgan fingerprint density at radius 1 is 0.586 bits per heavy atom. The third-order valence-corrected chi connectivity index (χ3v) is 8.24. The highest BCUT2D eigenvalue weighted by Crippen LogP contribution is 2.73. The molecule has 2 aromatic carbocycles. The van der Waals surface area contributed by atoms with Gasteiger partial charge in [0.25, 0.3) is 0 Å². The van der Waals surface area contributed by atoms with E-state index in [0.29, 0.717) is 0 Å². The molecule has 2 rings (SSSR count). The number of allylic oxidation sites excluding steroid dienone is 10. The summed E-state index contributed by atoms with van der Waals surface area (Å²) in [4.78, 5) is 4.75. The molecule has 0 heterocycles. The first-order chi connectivity index (χ1) is 14.2. The summed E-state index contributed by atoms with van der Waals surface area (Å²) in [5, 5.41) is 0. The van der Waals surface area contributed by atoms with Crippen LogP contribution >= 0.6 is 10.0 Å². The maximum absolute atomic E-state index is 4.18. The summed E-state index contributed by atoms with van der Waals surface area (Å²) in [5.74, 6) is 0. The first-order valence-corrected chi connectivity index (χ1v) is 11.1. The van der Waals surface area contributed by atoms with Gasteiger partial charge in [-0.3, -0.25) is 0 Å². The Hall–Kier alpha value is -3.29. The molecule has 0 nitrogen and oxygen atoms in total. The van der Waals surface area contributed by atoms with Gasteiger partial charge in [0, 0.05) is 19.6 Å². The first-order valence-electron chi connectivity index (χ1n) is 9.43. The van der Waals surface area contributed by atoms with Gasteiger partial charge in [-0.2, -0.15) is 0 Å². The normalized spacial score (nSPS) is 13.4. The van der Waals surface area contributed by atoms with Gasteiger partial charge in [0.1, 0.15) is 0 Å². The molecule has 0 N–H and O–H groups in total. The average molecular weight is 397 g/mol. The Bertz CT molecular complexity index is 914. The molecule has 29 heavy (non-hydrogen) atoms. The molecule has 0 aliphatic heterocycles. The maximum atomic E-state index is 4.18. The molecule has 0 atom stereocenters. The minimum absolute atomic E-state index is 1.13. The van der Waals surface area contributed by atoms with Gasteiger partial charge in [-0.1, -0.05) is 105 Å². The molecule has 0 bridgehead atoms. The predicted molar refractivity (Wildman–Crippen MR) is 132 cm³/mol. The summed E-state index contributed by atoms with van der Waals surface area (Å²) in [7, 11) is -1.79. The largest absolute Gasteiger partial charge is 0.133 e. The van der Waals surface area contributed by atoms with Crippen LogP contribution in [0.3, 0.4) is 0 Å². The molecule has 0 unspecified atom stereocenters. The molecule has 0 fully saturated rings. The molecule has 0 amide bonds. The van der Waals surface area contributed by atoms with Crippen molar-refractivity contribution in [2.45, 2.75) is 9.79 Å². The van der Waals surface area contributed by atoms with E-state index in [4.69, 9.17) is 0 Å². The van der Waals surface area contributed by atoms with Crippen LogP contribution in [0.15, 0.2) is 167 Å². The lowest BCUT2D eigenvalue weighted by Gasteiger charge is -2.43. The summed E-state index contributed by atoms with van der Waals surface area (Å²) in [6.45, 7) is 15.8. The van der Waals surface area contributed by atoms with Crippen molar-refractivity contribution in [1.82, 2.24) is 0 Å². The van der Waals surface area contributed by atoms with E-state index in [9.17, 15) is 0 Å². The summed E-state index contributed by atoms with van der Waals surface area (Å²) in [6.07, 6.45) is 19.6. The summed E-state index contributed by atoms with van der Waals surface area (Å²) in [6, 6.07) is 21.2. The highest BCUT2D eigenvalue weighted by molar-refractivity contribution is 8.40. The Morgan fingerprint density at radius 3 is 1.59 bits per heavy atom. The standard InChI is InChI=1S/C28H28S/c1-5-9-13-20-25(8-4)29(27-21-14-11-15-22-27,28-23-16-12-17-24-28)26(18-7-3)19-10-6-2/h5-24H,1-4H2/b13-9-,19-10-,25-20+,26-18+. The van der Waals surface area contributed by atoms with E-state index in [1.54, 1.807) is 12.2 Å². The lowest BCUT2D eigenvalue weighted by molar-refractivity contribution is 1.36. The summed E-state index contributed by atoms with van der Waals surface area (Å²) in [5.41, 5.74) is 0. The van der Waals surface area contributed by atoms with Gasteiger partial charge in [0.15, 0.2) is 0 Å². The highest BCUT2D eigenvalue weighted by atomic mass is 32.3. The second-order valence-electron chi connectivity index (χ2n) is 6.03. The molecule has 2 aromatic rings. The van der Waals surface area contributed by atoms with Crippen LogP contribution in [0, 0.1) is 0 Å². The number of hydrogen-bond acceptors (Lipinski definition) is 0. The molecule has 0 radical (unpaired) electrons. The van der Waals surface area contributed by atoms with Crippen molar-refractivity contribution < 1.29 is 0 Å². The van der Waals surface area contributed by atoms with Crippen LogP contribution < -0.4 is 0 Å². The zero-order valence-corrected chi connectivity index (χ0v) is 17.6. The maximum Gasteiger partial charge on any atom is 0.00229 e. The molecule has 0 spiro atoms. The SMILES string of the molecule is C=C/C=C\C=C(/C=C)S(C(/C=C\C=C)=C/C=C)(c1ccccc1)c1ccccc1. The van der Waals surface area contributed by atoms with Crippen LogP contribution in [-0.4, -0.2) is 0 Å². The zero-order chi connectivity index (χ0) is 21.0. The van der Waals surface area contributed by atoms with Gasteiger partial charge >= 0.3 is 0 Å². The third kappa shape index (κ3) is 4.96. The monoisotopic (exact) mass is 396 g/mol. The Morgan fingerprint density at radius 2 is 1.14 bits per heavy atom. The van der Waals surface area contributed by atoms with Crippen LogP contribution in [0.5, 0.6) is 0 Å². The minimum atomic E-state index is -1.79. The van der Waals surface area contributed by atoms with Crippen molar-refractivity contribution >= 4 is 10.0 Å². The van der Waals surface area contributed by atoms with E-state index < -0.39 is 10.0 Å². The molecule has 0 aliphatic rings. The van der Waals surface area contributed by atoms with Crippen molar-refractivity contribution in [2.75, 3.05) is 0 Å². The van der Waals surface area contributed by atoms with Crippen molar-refractivity contribution in [1.29, 1.82) is 0 Å². The smallest absolute Gasteiger partial charge is 0.00229 e. The minimum Gasteiger partial charge on any atom is -0.133 e. The molecular weight excluding hydrogens is 368 g/mol. The van der Waals surface area contributed by atoms with Crippen molar-refractivity contribution in [2.24, 2.45) is 0 Å². The van der Waals surface area contributed by atoms with Crippen LogP contribution in [0.4, 0.5) is 0 Å². The Balaban J connectivity index is 3.04. The van der Waals surface area contributed by atoms with E-state index >= 15 is 0 Å². The molecule has 0 aliphatic carbocycles. The Kier molecular flexibility index (Phi) is 8.75. The molecule has 1 heteroatoms. The van der Waals surface area contributed by atoms with E-state index in [2.05, 4.69) is 93.1 Å². The molecule has 0 saturated carbocycles. The highest BCUT2D eigenvalue weighted by Gasteiger charge is 2.34. The molecule has 0 saturated heterocycles. The van der Waals surface area contributed by atoms with Crippen molar-refractivity contribution in [3.8, 4) is 0 Å². The third-order valence-electron chi connectivity index (χ3n) is 4.29. The van der Waals surface area contributed by atoms with E-state index in [1.165, 1.54) is 9.79 Å². The first kappa shape index (κ1) is 22.0. The second kappa shape index (κ2) is 11.5. The van der Waals surface area contributed by atoms with Crippen LogP contribution in [-0.2, 0) is 0 Å². The fourth-order valence-electron chi connectivity index (χ4n) is 3.13. The van der Waals surface area contributed by atoms with Gasteiger partial charge in [-0.25, -0.2) is 0 Å². The number of hydrogen-bond donors (Lipinski definition) is 0. The second-order valence-corrected chi connectivity index (χ2v) is 9.14. The zero-order valence-electron chi connectivity index (χ0n) is 16.8. The van der Waals surface area contributed by atoms with Gasteiger partial charge in [0.05, 0.1) is 0 Å². The van der Waals surface area contributed by atoms with E-state index in [-0.39, 0.29) is 0 Å². The van der Waals surface area contributed by atoms with Crippen molar-refractivity contribution in [3.63, 3.8) is 0 Å². The topological polar surface area (TPSA) is 0 Å². The van der Waals surface area contributed by atoms with Gasteiger partial charge in [-0.15, -0.1) is 10.0 Å². The fourth-order valence-corrected chi connectivity index (χ4v) is 7.01. The van der Waals surface area contributed by atoms with Gasteiger partial charge in [-0.05, 0) is 42.5 Å². The Labute approximate surface area is 177 Å². The predicted octanol–water partition coefficient (Wildman–Crippen LogP) is 8.53. The van der Waals surface area contributed by atoms with Crippen molar-refractivity contribution in [3.05, 3.63) is 158 Å². The number of benzene rings is 2. The molecule has 0 aromatic heterocycles. The van der Waals surface area contributed by atoms with Gasteiger partial charge < -0.3 is 0 Å². The lowest BCUT2D eigenvalue weighted by Crippen LogP contribution is -2.07. The summed E-state index contributed by atoms with van der Waals surface area (Å²) >= 11 is 0. The number of rotatable bonds is 10. The van der Waals surface area contributed by atoms with Crippen LogP contribution in [0.25, 0.3) is 0 Å².